The Labute approximate surface area is 118 Å². The normalized spacial score (nSPS) is 15.5. The van der Waals surface area contributed by atoms with Crippen molar-refractivity contribution in [2.24, 2.45) is 5.73 Å². The lowest BCUT2D eigenvalue weighted by molar-refractivity contribution is 0.0793. The summed E-state index contributed by atoms with van der Waals surface area (Å²) in [7, 11) is 0. The van der Waals surface area contributed by atoms with Crippen LogP contribution >= 0.6 is 0 Å². The summed E-state index contributed by atoms with van der Waals surface area (Å²) < 4.78 is 18.4. The summed E-state index contributed by atoms with van der Waals surface area (Å²) in [6.07, 6.45) is 3.41. The fourth-order valence-electron chi connectivity index (χ4n) is 2.14. The molecule has 1 aromatic carbocycles. The minimum Gasteiger partial charge on any atom is -0.487 e. The molecule has 0 spiro atoms. The fraction of sp³-hybridized carbons (Fsp3) is 0.400. The summed E-state index contributed by atoms with van der Waals surface area (Å²) in [6.45, 7) is 1.66. The van der Waals surface area contributed by atoms with Gasteiger partial charge in [-0.25, -0.2) is 4.39 Å². The van der Waals surface area contributed by atoms with Crippen molar-refractivity contribution in [2.45, 2.75) is 12.8 Å². The quantitative estimate of drug-likeness (QED) is 0.897. The molecule has 108 valence electrons. The van der Waals surface area contributed by atoms with E-state index in [-0.39, 0.29) is 19.1 Å². The molecule has 20 heavy (non-hydrogen) atoms. The van der Waals surface area contributed by atoms with Crippen molar-refractivity contribution >= 4 is 5.91 Å². The first-order valence-corrected chi connectivity index (χ1v) is 6.77. The second-order valence-corrected chi connectivity index (χ2v) is 4.70. The molecule has 1 aliphatic heterocycles. The van der Waals surface area contributed by atoms with Crippen LogP contribution in [0.3, 0.4) is 0 Å². The fourth-order valence-corrected chi connectivity index (χ4v) is 2.14. The van der Waals surface area contributed by atoms with Crippen molar-refractivity contribution in [1.82, 2.24) is 4.90 Å². The van der Waals surface area contributed by atoms with Crippen LogP contribution in [0.5, 0.6) is 5.75 Å². The standard InChI is InChI=1S/C15H19FN2O2/c16-13(7-8-17)11-20-14-5-3-12(4-6-14)15(19)18-9-1-2-10-18/h3-7H,1-2,8-11,17H2/b13-7+. The van der Waals surface area contributed by atoms with Gasteiger partial charge in [-0.2, -0.15) is 0 Å². The summed E-state index contributed by atoms with van der Waals surface area (Å²) in [5.41, 5.74) is 5.83. The Morgan fingerprint density at radius 3 is 2.55 bits per heavy atom. The van der Waals surface area contributed by atoms with Gasteiger partial charge in [-0.1, -0.05) is 0 Å². The molecule has 2 rings (SSSR count). The van der Waals surface area contributed by atoms with Crippen molar-refractivity contribution in [3.8, 4) is 5.75 Å². The highest BCUT2D eigenvalue weighted by atomic mass is 19.1. The molecule has 1 heterocycles. The van der Waals surface area contributed by atoms with E-state index in [0.717, 1.165) is 25.9 Å². The number of halogens is 1. The number of carbonyl (C=O) groups excluding carboxylic acids is 1. The van der Waals surface area contributed by atoms with E-state index in [1.54, 1.807) is 24.3 Å². The molecule has 1 saturated heterocycles. The van der Waals surface area contributed by atoms with Crippen molar-refractivity contribution < 1.29 is 13.9 Å². The molecule has 4 nitrogen and oxygen atoms in total. The molecular formula is C15H19FN2O2. The van der Waals surface area contributed by atoms with Crippen molar-refractivity contribution in [1.29, 1.82) is 0 Å². The van der Waals surface area contributed by atoms with Crippen LogP contribution in [0, 0.1) is 0 Å². The number of nitrogens with two attached hydrogens (primary N) is 1. The molecule has 1 aromatic rings. The van der Waals surface area contributed by atoms with Gasteiger partial charge in [0.15, 0.2) is 0 Å². The van der Waals surface area contributed by atoms with Gasteiger partial charge in [0.2, 0.25) is 0 Å². The molecular weight excluding hydrogens is 259 g/mol. The molecule has 0 aromatic heterocycles. The van der Waals surface area contributed by atoms with Crippen molar-refractivity contribution in [3.05, 3.63) is 41.7 Å². The zero-order valence-electron chi connectivity index (χ0n) is 11.3. The van der Waals surface area contributed by atoms with Crippen LogP contribution in [0.2, 0.25) is 0 Å². The Morgan fingerprint density at radius 1 is 1.30 bits per heavy atom. The van der Waals surface area contributed by atoms with E-state index in [1.165, 1.54) is 6.08 Å². The van der Waals surface area contributed by atoms with Gasteiger partial charge in [0.1, 0.15) is 18.2 Å². The van der Waals surface area contributed by atoms with Crippen molar-refractivity contribution in [2.75, 3.05) is 26.2 Å². The lowest BCUT2D eigenvalue weighted by atomic mass is 10.2. The summed E-state index contributed by atoms with van der Waals surface area (Å²) in [4.78, 5) is 14.0. The van der Waals surface area contributed by atoms with E-state index in [2.05, 4.69) is 0 Å². The minimum absolute atomic E-state index is 0.0447. The number of amides is 1. The average Bonchev–Trinajstić information content (AvgIpc) is 2.99. The van der Waals surface area contributed by atoms with E-state index < -0.39 is 5.83 Å². The number of nitrogens with zero attached hydrogens (tertiary/aromatic N) is 1. The molecule has 1 fully saturated rings. The van der Waals surface area contributed by atoms with Crippen LogP contribution in [-0.4, -0.2) is 37.0 Å². The van der Waals surface area contributed by atoms with Gasteiger partial charge >= 0.3 is 0 Å². The summed E-state index contributed by atoms with van der Waals surface area (Å²) in [6, 6.07) is 6.78. The number of hydrogen-bond acceptors (Lipinski definition) is 3. The third-order valence-corrected chi connectivity index (χ3v) is 3.21. The number of likely N-dealkylation sites (tertiary alicyclic amines) is 1. The van der Waals surface area contributed by atoms with Crippen LogP contribution in [0.15, 0.2) is 36.2 Å². The van der Waals surface area contributed by atoms with E-state index in [1.807, 2.05) is 4.90 Å². The molecule has 0 radical (unpaired) electrons. The number of carbonyl (C=O) groups is 1. The lowest BCUT2D eigenvalue weighted by Gasteiger charge is -2.15. The van der Waals surface area contributed by atoms with Gasteiger partial charge in [0.05, 0.1) is 0 Å². The third-order valence-electron chi connectivity index (χ3n) is 3.21. The molecule has 0 saturated carbocycles. The highest BCUT2D eigenvalue weighted by molar-refractivity contribution is 5.94. The topological polar surface area (TPSA) is 55.6 Å². The number of hydrogen-bond donors (Lipinski definition) is 1. The van der Waals surface area contributed by atoms with Crippen LogP contribution in [0.25, 0.3) is 0 Å². The Kier molecular flexibility index (Phi) is 5.12. The summed E-state index contributed by atoms with van der Waals surface area (Å²) in [5.74, 6) is 0.177. The molecule has 0 atom stereocenters. The first-order valence-electron chi connectivity index (χ1n) is 6.77. The number of rotatable bonds is 5. The maximum Gasteiger partial charge on any atom is 0.253 e. The Hall–Kier alpha value is -1.88. The van der Waals surface area contributed by atoms with Crippen LogP contribution < -0.4 is 10.5 Å². The second kappa shape index (κ2) is 7.05. The largest absolute Gasteiger partial charge is 0.487 e. The molecule has 1 aliphatic rings. The van der Waals surface area contributed by atoms with Crippen LogP contribution in [0.4, 0.5) is 4.39 Å². The maximum absolute atomic E-state index is 13.1. The van der Waals surface area contributed by atoms with E-state index in [9.17, 15) is 9.18 Å². The second-order valence-electron chi connectivity index (χ2n) is 4.70. The molecule has 2 N–H and O–H groups in total. The first-order chi connectivity index (χ1) is 9.70. The highest BCUT2D eigenvalue weighted by Gasteiger charge is 2.19. The predicted molar refractivity (Wildman–Crippen MR) is 75.3 cm³/mol. The Morgan fingerprint density at radius 2 is 1.95 bits per heavy atom. The lowest BCUT2D eigenvalue weighted by Crippen LogP contribution is -2.27. The van der Waals surface area contributed by atoms with E-state index in [0.29, 0.717) is 11.3 Å². The van der Waals surface area contributed by atoms with Gasteiger partial charge in [-0.05, 0) is 43.2 Å². The summed E-state index contributed by atoms with van der Waals surface area (Å²) in [5, 5.41) is 0. The molecule has 0 aliphatic carbocycles. The van der Waals surface area contributed by atoms with E-state index >= 15 is 0 Å². The number of ether oxygens (including phenoxy) is 1. The Balaban J connectivity index is 1.92. The molecule has 1 amide bonds. The van der Waals surface area contributed by atoms with Gasteiger partial charge in [-0.3, -0.25) is 4.79 Å². The molecule has 0 unspecified atom stereocenters. The average molecular weight is 278 g/mol. The molecule has 0 bridgehead atoms. The van der Waals surface area contributed by atoms with Gasteiger partial charge in [-0.15, -0.1) is 0 Å². The zero-order chi connectivity index (χ0) is 14.4. The highest BCUT2D eigenvalue weighted by Crippen LogP contribution is 2.17. The SMILES string of the molecule is NC/C=C(/F)COc1ccc(C(=O)N2CCCC2)cc1. The van der Waals surface area contributed by atoms with Crippen LogP contribution in [-0.2, 0) is 0 Å². The smallest absolute Gasteiger partial charge is 0.253 e. The third kappa shape index (κ3) is 3.81. The van der Waals surface area contributed by atoms with E-state index in [4.69, 9.17) is 10.5 Å². The van der Waals surface area contributed by atoms with Crippen LogP contribution in [0.1, 0.15) is 23.2 Å². The minimum atomic E-state index is -0.398. The van der Waals surface area contributed by atoms with Gasteiger partial charge < -0.3 is 15.4 Å². The zero-order valence-corrected chi connectivity index (χ0v) is 11.3. The molecule has 5 heteroatoms. The predicted octanol–water partition coefficient (Wildman–Crippen LogP) is 2.11. The number of benzene rings is 1. The maximum atomic E-state index is 13.1. The van der Waals surface area contributed by atoms with Gasteiger partial charge in [0.25, 0.3) is 5.91 Å². The monoisotopic (exact) mass is 278 g/mol. The first kappa shape index (κ1) is 14.5. The summed E-state index contributed by atoms with van der Waals surface area (Å²) >= 11 is 0. The van der Waals surface area contributed by atoms with Gasteiger partial charge in [0, 0.05) is 25.2 Å². The Bertz CT molecular complexity index is 479. The van der Waals surface area contributed by atoms with Crippen molar-refractivity contribution in [3.63, 3.8) is 0 Å².